The standard InChI is InChI=1S/C6H15BO3/c1-2-3-4-5-6-10-7(8)9/h8-9H,2-6H2,1H3. The van der Waals surface area contributed by atoms with Gasteiger partial charge in [-0.15, -0.1) is 0 Å². The van der Waals surface area contributed by atoms with Gasteiger partial charge in [-0.1, -0.05) is 26.2 Å². The molecule has 0 aliphatic carbocycles. The summed E-state index contributed by atoms with van der Waals surface area (Å²) in [6.07, 6.45) is 4.38. The molecule has 0 aromatic carbocycles. The van der Waals surface area contributed by atoms with E-state index in [0.29, 0.717) is 6.61 Å². The number of hydrogen-bond donors (Lipinski definition) is 2. The lowest BCUT2D eigenvalue weighted by molar-refractivity contribution is 0.182. The Balaban J connectivity index is 2.77. The Morgan fingerprint density at radius 3 is 2.40 bits per heavy atom. The molecular formula is C6H15BO3. The Hall–Kier alpha value is -0.0551. The van der Waals surface area contributed by atoms with Crippen molar-refractivity contribution in [3.63, 3.8) is 0 Å². The van der Waals surface area contributed by atoms with Crippen molar-refractivity contribution in [2.75, 3.05) is 6.61 Å². The molecule has 0 saturated heterocycles. The van der Waals surface area contributed by atoms with Crippen LogP contribution in [-0.2, 0) is 4.65 Å². The molecule has 0 aliphatic heterocycles. The SMILES string of the molecule is CCCCCCOB(O)O. The van der Waals surface area contributed by atoms with Gasteiger partial charge < -0.3 is 14.7 Å². The summed E-state index contributed by atoms with van der Waals surface area (Å²) in [5.41, 5.74) is 0. The fourth-order valence-electron chi connectivity index (χ4n) is 0.718. The van der Waals surface area contributed by atoms with Gasteiger partial charge >= 0.3 is 7.32 Å². The van der Waals surface area contributed by atoms with Crippen LogP contribution in [0.25, 0.3) is 0 Å². The zero-order valence-electron chi connectivity index (χ0n) is 6.42. The van der Waals surface area contributed by atoms with E-state index in [-0.39, 0.29) is 0 Å². The van der Waals surface area contributed by atoms with Crippen LogP contribution in [0.2, 0.25) is 0 Å². The predicted octanol–water partition coefficient (Wildman–Crippen LogP) is 0.553. The van der Waals surface area contributed by atoms with Crippen molar-refractivity contribution in [2.24, 2.45) is 0 Å². The van der Waals surface area contributed by atoms with Gasteiger partial charge in [0.15, 0.2) is 0 Å². The molecule has 0 radical (unpaired) electrons. The third-order valence-corrected chi connectivity index (χ3v) is 1.26. The smallest absolute Gasteiger partial charge is 0.402 e. The first kappa shape index (κ1) is 9.94. The molecule has 0 aromatic rings. The molecule has 0 atom stereocenters. The molecule has 0 amide bonds. The van der Waals surface area contributed by atoms with Crippen LogP contribution < -0.4 is 0 Å². The summed E-state index contributed by atoms with van der Waals surface area (Å²) in [5.74, 6) is 0. The Bertz CT molecular complexity index is 68.0. The number of rotatable bonds is 6. The van der Waals surface area contributed by atoms with Crippen molar-refractivity contribution < 1.29 is 14.7 Å². The maximum atomic E-state index is 8.24. The van der Waals surface area contributed by atoms with Crippen LogP contribution in [0.5, 0.6) is 0 Å². The topological polar surface area (TPSA) is 49.7 Å². The van der Waals surface area contributed by atoms with Gasteiger partial charge in [-0.25, -0.2) is 0 Å². The Morgan fingerprint density at radius 2 is 1.90 bits per heavy atom. The van der Waals surface area contributed by atoms with Crippen LogP contribution in [0, 0.1) is 0 Å². The maximum Gasteiger partial charge on any atom is 0.633 e. The molecule has 2 N–H and O–H groups in total. The second-order valence-electron chi connectivity index (χ2n) is 2.26. The van der Waals surface area contributed by atoms with Gasteiger partial charge in [-0.05, 0) is 6.42 Å². The van der Waals surface area contributed by atoms with Crippen LogP contribution >= 0.6 is 0 Å². The largest absolute Gasteiger partial charge is 0.633 e. The van der Waals surface area contributed by atoms with Crippen molar-refractivity contribution in [1.29, 1.82) is 0 Å². The van der Waals surface area contributed by atoms with Gasteiger partial charge in [-0.3, -0.25) is 0 Å². The van der Waals surface area contributed by atoms with Gasteiger partial charge in [-0.2, -0.15) is 0 Å². The summed E-state index contributed by atoms with van der Waals surface area (Å²) < 4.78 is 4.50. The highest BCUT2D eigenvalue weighted by Gasteiger charge is 2.05. The van der Waals surface area contributed by atoms with E-state index in [1.54, 1.807) is 0 Å². The second kappa shape index (κ2) is 7.06. The fraction of sp³-hybridized carbons (Fsp3) is 1.00. The van der Waals surface area contributed by atoms with Gasteiger partial charge in [0.25, 0.3) is 0 Å². The first-order valence-electron chi connectivity index (χ1n) is 3.75. The van der Waals surface area contributed by atoms with Crippen LogP contribution in [0.3, 0.4) is 0 Å². The third-order valence-electron chi connectivity index (χ3n) is 1.26. The van der Waals surface area contributed by atoms with E-state index >= 15 is 0 Å². The van der Waals surface area contributed by atoms with E-state index in [0.717, 1.165) is 12.8 Å². The fourth-order valence-corrected chi connectivity index (χ4v) is 0.718. The molecule has 0 aromatic heterocycles. The lowest BCUT2D eigenvalue weighted by atomic mass is 10.2. The van der Waals surface area contributed by atoms with Crippen molar-refractivity contribution in [2.45, 2.75) is 32.6 Å². The molecule has 10 heavy (non-hydrogen) atoms. The number of hydrogen-bond acceptors (Lipinski definition) is 3. The Labute approximate surface area is 62.2 Å². The van der Waals surface area contributed by atoms with E-state index in [4.69, 9.17) is 10.0 Å². The minimum Gasteiger partial charge on any atom is -0.402 e. The summed E-state index contributed by atoms with van der Waals surface area (Å²) in [6.45, 7) is 2.57. The van der Waals surface area contributed by atoms with Crippen LogP contribution in [0.15, 0.2) is 0 Å². The summed E-state index contributed by atoms with van der Waals surface area (Å²) >= 11 is 0. The normalized spacial score (nSPS) is 9.90. The van der Waals surface area contributed by atoms with E-state index in [2.05, 4.69) is 11.6 Å². The van der Waals surface area contributed by atoms with E-state index < -0.39 is 7.32 Å². The average molecular weight is 146 g/mol. The Morgan fingerprint density at radius 1 is 1.20 bits per heavy atom. The average Bonchev–Trinajstić information content (AvgIpc) is 1.87. The zero-order chi connectivity index (χ0) is 7.82. The summed E-state index contributed by atoms with van der Waals surface area (Å²) in [6, 6.07) is 0. The second-order valence-corrected chi connectivity index (χ2v) is 2.26. The van der Waals surface area contributed by atoms with Gasteiger partial charge in [0.05, 0.1) is 0 Å². The summed E-state index contributed by atoms with van der Waals surface area (Å²) in [4.78, 5) is 0. The number of unbranched alkanes of at least 4 members (excludes halogenated alkanes) is 3. The molecular weight excluding hydrogens is 131 g/mol. The summed E-state index contributed by atoms with van der Waals surface area (Å²) in [7, 11) is -1.60. The lowest BCUT2D eigenvalue weighted by Crippen LogP contribution is -2.17. The highest BCUT2D eigenvalue weighted by molar-refractivity contribution is 6.32. The van der Waals surface area contributed by atoms with E-state index in [1.807, 2.05) is 0 Å². The van der Waals surface area contributed by atoms with E-state index in [1.165, 1.54) is 12.8 Å². The van der Waals surface area contributed by atoms with Gasteiger partial charge in [0, 0.05) is 6.61 Å². The van der Waals surface area contributed by atoms with Crippen LogP contribution in [0.1, 0.15) is 32.6 Å². The van der Waals surface area contributed by atoms with Crippen LogP contribution in [0.4, 0.5) is 0 Å². The first-order valence-corrected chi connectivity index (χ1v) is 3.75. The molecule has 0 heterocycles. The lowest BCUT2D eigenvalue weighted by Gasteiger charge is -2.00. The molecule has 3 nitrogen and oxygen atoms in total. The Kier molecular flexibility index (Phi) is 7.02. The third kappa shape index (κ3) is 7.94. The molecule has 0 spiro atoms. The molecule has 0 rings (SSSR count). The van der Waals surface area contributed by atoms with Crippen LogP contribution in [-0.4, -0.2) is 24.0 Å². The van der Waals surface area contributed by atoms with Crippen molar-refractivity contribution in [3.8, 4) is 0 Å². The molecule has 0 saturated carbocycles. The molecule has 0 fully saturated rings. The maximum absolute atomic E-state index is 8.24. The quantitative estimate of drug-likeness (QED) is 0.425. The van der Waals surface area contributed by atoms with Crippen molar-refractivity contribution in [1.82, 2.24) is 0 Å². The van der Waals surface area contributed by atoms with Gasteiger partial charge in [0.2, 0.25) is 0 Å². The highest BCUT2D eigenvalue weighted by Crippen LogP contribution is 1.98. The van der Waals surface area contributed by atoms with Gasteiger partial charge in [0.1, 0.15) is 0 Å². The predicted molar refractivity (Wildman–Crippen MR) is 40.3 cm³/mol. The molecule has 4 heteroatoms. The van der Waals surface area contributed by atoms with Crippen molar-refractivity contribution in [3.05, 3.63) is 0 Å². The summed E-state index contributed by atoms with van der Waals surface area (Å²) in [5, 5.41) is 16.5. The molecule has 0 unspecified atom stereocenters. The minimum absolute atomic E-state index is 0.442. The molecule has 60 valence electrons. The van der Waals surface area contributed by atoms with Crippen molar-refractivity contribution >= 4 is 7.32 Å². The van der Waals surface area contributed by atoms with E-state index in [9.17, 15) is 0 Å². The molecule has 0 bridgehead atoms. The minimum atomic E-state index is -1.60. The highest BCUT2D eigenvalue weighted by atomic mass is 16.6. The zero-order valence-corrected chi connectivity index (χ0v) is 6.42. The molecule has 0 aliphatic rings. The first-order chi connectivity index (χ1) is 4.77. The monoisotopic (exact) mass is 146 g/mol.